The lowest BCUT2D eigenvalue weighted by molar-refractivity contribution is -0.116. The maximum atomic E-state index is 14.0. The van der Waals surface area contributed by atoms with Crippen LogP contribution in [0.3, 0.4) is 0 Å². The Morgan fingerprint density at radius 3 is 2.64 bits per heavy atom. The minimum atomic E-state index is -0.534. The van der Waals surface area contributed by atoms with E-state index < -0.39 is 5.82 Å². The summed E-state index contributed by atoms with van der Waals surface area (Å²) in [7, 11) is 0. The fourth-order valence-corrected chi connectivity index (χ4v) is 4.63. The van der Waals surface area contributed by atoms with Gasteiger partial charge in [0.05, 0.1) is 29.3 Å². The monoisotopic (exact) mass is 521 g/mol. The number of phenols is 1. The van der Waals surface area contributed by atoms with Crippen LogP contribution in [0, 0.1) is 5.82 Å². The maximum Gasteiger partial charge on any atom is 0.224 e. The van der Waals surface area contributed by atoms with Crippen molar-refractivity contribution in [3.05, 3.63) is 73.2 Å². The van der Waals surface area contributed by atoms with Crippen LogP contribution in [-0.2, 0) is 4.79 Å². The Balaban J connectivity index is 1.38. The topological polar surface area (TPSA) is 132 Å². The number of hydrogen-bond donors (Lipinski definition) is 4. The van der Waals surface area contributed by atoms with E-state index in [0.717, 1.165) is 52.0 Å². The second kappa shape index (κ2) is 9.97. The van der Waals surface area contributed by atoms with Crippen molar-refractivity contribution in [1.29, 1.82) is 0 Å². The molecule has 0 unspecified atom stereocenters. The fourth-order valence-electron chi connectivity index (χ4n) is 4.63. The quantitative estimate of drug-likeness (QED) is 0.198. The minimum absolute atomic E-state index is 0.0392. The van der Waals surface area contributed by atoms with Gasteiger partial charge in [-0.25, -0.2) is 9.37 Å². The number of aromatic amines is 2. The van der Waals surface area contributed by atoms with Gasteiger partial charge in [-0.2, -0.15) is 5.10 Å². The van der Waals surface area contributed by atoms with Crippen LogP contribution in [0.25, 0.3) is 55.6 Å². The van der Waals surface area contributed by atoms with E-state index in [1.807, 2.05) is 25.1 Å². The van der Waals surface area contributed by atoms with Gasteiger partial charge in [0.1, 0.15) is 17.3 Å². The van der Waals surface area contributed by atoms with E-state index in [4.69, 9.17) is 0 Å². The number of pyridine rings is 3. The highest BCUT2D eigenvalue weighted by Crippen LogP contribution is 2.35. The van der Waals surface area contributed by atoms with Crippen molar-refractivity contribution in [2.24, 2.45) is 0 Å². The third-order valence-electron chi connectivity index (χ3n) is 6.52. The zero-order valence-corrected chi connectivity index (χ0v) is 21.0. The van der Waals surface area contributed by atoms with Crippen LogP contribution in [0.4, 0.5) is 10.1 Å². The molecule has 39 heavy (non-hydrogen) atoms. The smallest absolute Gasteiger partial charge is 0.224 e. The Morgan fingerprint density at radius 2 is 1.79 bits per heavy atom. The number of aromatic hydroxyl groups is 1. The summed E-state index contributed by atoms with van der Waals surface area (Å²) in [5, 5.41) is 21.9. The maximum absolute atomic E-state index is 14.0. The van der Waals surface area contributed by atoms with Crippen molar-refractivity contribution in [1.82, 2.24) is 30.1 Å². The molecule has 0 radical (unpaired) electrons. The van der Waals surface area contributed by atoms with E-state index in [1.54, 1.807) is 31.0 Å². The standard InChI is InChI=1S/C29H24FN7O2/c1-2-3-4-27(39)34-20-6-17(11-31-13-20)18-8-23-28(36-37-29(23)33-12-18)25-10-22-24(14-32-15-26(22)35-25)16-5-19(30)9-21(38)7-16/h5-15,35,38H,2-4H2,1H3,(H,34,39)(H,33,36,37). The van der Waals surface area contributed by atoms with Crippen molar-refractivity contribution in [3.8, 4) is 39.4 Å². The molecule has 0 saturated carbocycles. The third kappa shape index (κ3) is 4.79. The number of anilines is 1. The summed E-state index contributed by atoms with van der Waals surface area (Å²) in [6, 6.07) is 9.68. The predicted octanol–water partition coefficient (Wildman–Crippen LogP) is 6.20. The second-order valence-electron chi connectivity index (χ2n) is 9.34. The van der Waals surface area contributed by atoms with Crippen LogP contribution >= 0.6 is 0 Å². The van der Waals surface area contributed by atoms with E-state index in [9.17, 15) is 14.3 Å². The van der Waals surface area contributed by atoms with Crippen molar-refractivity contribution in [2.75, 3.05) is 5.32 Å². The second-order valence-corrected chi connectivity index (χ2v) is 9.34. The highest BCUT2D eigenvalue weighted by Gasteiger charge is 2.16. The summed E-state index contributed by atoms with van der Waals surface area (Å²) in [4.78, 5) is 28.7. The molecule has 0 aliphatic heterocycles. The number of hydrogen-bond acceptors (Lipinski definition) is 6. The molecular weight excluding hydrogens is 497 g/mol. The summed E-state index contributed by atoms with van der Waals surface area (Å²) >= 11 is 0. The number of rotatable bonds is 7. The van der Waals surface area contributed by atoms with Gasteiger partial charge in [-0.1, -0.05) is 13.3 Å². The summed E-state index contributed by atoms with van der Waals surface area (Å²) in [5.74, 6) is -0.731. The molecule has 9 nitrogen and oxygen atoms in total. The summed E-state index contributed by atoms with van der Waals surface area (Å²) in [5.41, 5.74) is 6.16. The number of benzene rings is 1. The molecule has 194 valence electrons. The first-order valence-corrected chi connectivity index (χ1v) is 12.5. The van der Waals surface area contributed by atoms with Crippen LogP contribution in [0.1, 0.15) is 26.2 Å². The summed E-state index contributed by atoms with van der Waals surface area (Å²) in [6.45, 7) is 2.05. The number of nitrogens with zero attached hydrogens (tertiary/aromatic N) is 4. The number of halogens is 1. The van der Waals surface area contributed by atoms with Crippen LogP contribution in [0.2, 0.25) is 0 Å². The number of aromatic nitrogens is 6. The van der Waals surface area contributed by atoms with Crippen LogP contribution in [0.15, 0.2) is 67.4 Å². The van der Waals surface area contributed by atoms with Crippen LogP contribution < -0.4 is 5.32 Å². The van der Waals surface area contributed by atoms with Gasteiger partial charge in [0, 0.05) is 58.5 Å². The minimum Gasteiger partial charge on any atom is -0.508 e. The average molecular weight is 522 g/mol. The molecule has 0 spiro atoms. The SMILES string of the molecule is CCCCC(=O)Nc1cncc(-c2cnc3[nH]nc(-c4cc5c(-c6cc(O)cc(F)c6)cncc5[nH]4)c3c2)c1. The van der Waals surface area contributed by atoms with E-state index in [-0.39, 0.29) is 11.7 Å². The van der Waals surface area contributed by atoms with E-state index >= 15 is 0 Å². The van der Waals surface area contributed by atoms with Gasteiger partial charge in [-0.3, -0.25) is 19.9 Å². The Hall–Kier alpha value is -5.12. The van der Waals surface area contributed by atoms with E-state index in [1.165, 1.54) is 12.1 Å². The summed E-state index contributed by atoms with van der Waals surface area (Å²) < 4.78 is 14.0. The first-order chi connectivity index (χ1) is 19.0. The molecule has 5 aromatic heterocycles. The molecule has 1 aromatic carbocycles. The van der Waals surface area contributed by atoms with Crippen LogP contribution in [-0.4, -0.2) is 41.1 Å². The Morgan fingerprint density at radius 1 is 0.949 bits per heavy atom. The number of carbonyl (C=O) groups is 1. The molecule has 6 rings (SSSR count). The van der Waals surface area contributed by atoms with Gasteiger partial charge in [0.15, 0.2) is 5.65 Å². The number of fused-ring (bicyclic) bond motifs is 2. The van der Waals surface area contributed by atoms with E-state index in [0.29, 0.717) is 34.6 Å². The predicted molar refractivity (Wildman–Crippen MR) is 147 cm³/mol. The molecule has 5 heterocycles. The van der Waals surface area contributed by atoms with Crippen molar-refractivity contribution in [3.63, 3.8) is 0 Å². The average Bonchev–Trinajstić information content (AvgIpc) is 3.55. The Kier molecular flexibility index (Phi) is 6.20. The first kappa shape index (κ1) is 24.2. The molecule has 0 saturated heterocycles. The zero-order valence-electron chi connectivity index (χ0n) is 21.0. The van der Waals surface area contributed by atoms with Crippen molar-refractivity contribution < 1.29 is 14.3 Å². The molecule has 10 heteroatoms. The van der Waals surface area contributed by atoms with Gasteiger partial charge < -0.3 is 15.4 Å². The van der Waals surface area contributed by atoms with Gasteiger partial charge in [0.25, 0.3) is 0 Å². The molecule has 0 atom stereocenters. The molecule has 0 aliphatic carbocycles. The van der Waals surface area contributed by atoms with E-state index in [2.05, 4.69) is 35.5 Å². The van der Waals surface area contributed by atoms with Gasteiger partial charge >= 0.3 is 0 Å². The largest absolute Gasteiger partial charge is 0.508 e. The number of H-pyrrole nitrogens is 2. The van der Waals surface area contributed by atoms with Crippen molar-refractivity contribution in [2.45, 2.75) is 26.2 Å². The molecule has 0 aliphatic rings. The lowest BCUT2D eigenvalue weighted by Crippen LogP contribution is -2.11. The molecule has 0 bridgehead atoms. The van der Waals surface area contributed by atoms with Crippen molar-refractivity contribution >= 4 is 33.5 Å². The molecule has 1 amide bonds. The molecular formula is C29H24FN7O2. The van der Waals surface area contributed by atoms with Crippen LogP contribution in [0.5, 0.6) is 5.75 Å². The number of phenolic OH excluding ortho intramolecular Hbond substituents is 1. The third-order valence-corrected chi connectivity index (χ3v) is 6.52. The molecule has 4 N–H and O–H groups in total. The number of unbranched alkanes of at least 4 members (excludes halogenated alkanes) is 1. The number of amides is 1. The normalized spacial score (nSPS) is 11.3. The number of nitrogens with one attached hydrogen (secondary N) is 3. The van der Waals surface area contributed by atoms with Gasteiger partial charge in [0.2, 0.25) is 5.91 Å². The summed E-state index contributed by atoms with van der Waals surface area (Å²) in [6.07, 6.45) is 10.6. The molecule has 6 aromatic rings. The lowest BCUT2D eigenvalue weighted by Gasteiger charge is -2.07. The highest BCUT2D eigenvalue weighted by molar-refractivity contribution is 6.01. The lowest BCUT2D eigenvalue weighted by atomic mass is 10.0. The molecule has 0 fully saturated rings. The Bertz CT molecular complexity index is 1820. The van der Waals surface area contributed by atoms with Gasteiger partial charge in [-0.15, -0.1) is 0 Å². The Labute approximate surface area is 222 Å². The first-order valence-electron chi connectivity index (χ1n) is 12.5. The highest BCUT2D eigenvalue weighted by atomic mass is 19.1. The zero-order chi connectivity index (χ0) is 26.9. The number of carbonyl (C=O) groups excluding carboxylic acids is 1. The van der Waals surface area contributed by atoms with Gasteiger partial charge in [-0.05, 0) is 42.3 Å². The fraction of sp³-hybridized carbons (Fsp3) is 0.138.